The highest BCUT2D eigenvalue weighted by molar-refractivity contribution is 7.48. The summed E-state index contributed by atoms with van der Waals surface area (Å²) in [5.74, 6) is 0.335. The second-order valence-electron chi connectivity index (χ2n) is 21.7. The molecule has 0 heterocycles. The molecule has 4 N–H and O–H groups in total. The van der Waals surface area contributed by atoms with Crippen molar-refractivity contribution in [3.8, 4) is 0 Å². The average Bonchev–Trinajstić information content (AvgIpc) is 3.39. The third-order valence-corrected chi connectivity index (χ3v) is 19.3. The lowest BCUT2D eigenvalue weighted by Crippen LogP contribution is -2.42. The van der Waals surface area contributed by atoms with E-state index in [0.717, 1.165) is 123 Å². The number of phosphoric ester groups is 4. The van der Waals surface area contributed by atoms with Gasteiger partial charge in [0.05, 0.1) is 71.5 Å². The van der Waals surface area contributed by atoms with E-state index in [0.29, 0.717) is 0 Å². The molecule has 3 aliphatic rings. The predicted molar refractivity (Wildman–Crippen MR) is 299 cm³/mol. The molecule has 0 radical (unpaired) electrons. The van der Waals surface area contributed by atoms with E-state index >= 15 is 0 Å². The molecule has 0 spiro atoms. The Labute approximate surface area is 461 Å². The Balaban J connectivity index is 1.55. The van der Waals surface area contributed by atoms with Crippen LogP contribution in [-0.2, 0) is 68.7 Å². The van der Waals surface area contributed by atoms with Gasteiger partial charge in [-0.05, 0) is 169 Å². The maximum Gasteiger partial charge on any atom is 0.472 e. The lowest BCUT2D eigenvalue weighted by atomic mass is 9.67. The van der Waals surface area contributed by atoms with E-state index in [1.807, 2.05) is 36.5 Å². The van der Waals surface area contributed by atoms with Gasteiger partial charge in [-0.2, -0.15) is 0 Å². The maximum absolute atomic E-state index is 12.8. The van der Waals surface area contributed by atoms with Crippen molar-refractivity contribution >= 4 is 31.3 Å². The molecular weight excluding hydrogens is 1080 g/mol. The van der Waals surface area contributed by atoms with E-state index < -0.39 is 43.3 Å². The van der Waals surface area contributed by atoms with Crippen LogP contribution in [0.2, 0.25) is 0 Å². The number of ether oxygens (including phenoxy) is 3. The molecule has 77 heavy (non-hydrogen) atoms. The number of phosphoric acid groups is 4. The lowest BCUT2D eigenvalue weighted by molar-refractivity contribution is -0.0940. The summed E-state index contributed by atoms with van der Waals surface area (Å²) in [6.07, 6.45) is 28.1. The highest BCUT2D eigenvalue weighted by atomic mass is 31.2. The Morgan fingerprint density at radius 2 is 0.662 bits per heavy atom. The summed E-state index contributed by atoms with van der Waals surface area (Å²) in [6.45, 7) is 22.2. The van der Waals surface area contributed by atoms with Crippen molar-refractivity contribution in [3.63, 3.8) is 0 Å². The van der Waals surface area contributed by atoms with E-state index in [4.69, 9.17) is 45.9 Å². The molecule has 0 aromatic carbocycles. The lowest BCUT2D eigenvalue weighted by Gasteiger charge is -2.39. The molecule has 0 saturated heterocycles. The van der Waals surface area contributed by atoms with Gasteiger partial charge in [0.15, 0.2) is 0 Å². The van der Waals surface area contributed by atoms with E-state index in [9.17, 15) is 37.8 Å². The van der Waals surface area contributed by atoms with E-state index in [1.165, 1.54) is 0 Å². The first kappa shape index (κ1) is 70.0. The minimum atomic E-state index is -4.53. The smallest absolute Gasteiger partial charge is 0.381 e. The topological polar surface area (TPSA) is 251 Å². The normalized spacial score (nSPS) is 22.0. The highest BCUT2D eigenvalue weighted by Gasteiger charge is 2.39. The van der Waals surface area contributed by atoms with Crippen LogP contribution in [-0.4, -0.2) is 113 Å². The molecule has 0 amide bonds. The zero-order valence-corrected chi connectivity index (χ0v) is 49.8. The molecule has 446 valence electrons. The van der Waals surface area contributed by atoms with Crippen LogP contribution in [0.3, 0.4) is 0 Å². The van der Waals surface area contributed by atoms with E-state index in [-0.39, 0.29) is 133 Å². The summed E-state index contributed by atoms with van der Waals surface area (Å²) in [5.41, 5.74) is -0.939. The molecular formula is C54H96O19P4. The Bertz CT molecular complexity index is 1710. The molecule has 3 rings (SSSR count). The van der Waals surface area contributed by atoms with Crippen LogP contribution in [0.1, 0.15) is 135 Å². The van der Waals surface area contributed by atoms with Crippen molar-refractivity contribution in [1.29, 1.82) is 0 Å². The van der Waals surface area contributed by atoms with Crippen molar-refractivity contribution in [2.45, 2.75) is 135 Å². The van der Waals surface area contributed by atoms with Crippen LogP contribution in [0.5, 0.6) is 0 Å². The number of hydrogen-bond donors (Lipinski definition) is 4. The largest absolute Gasteiger partial charge is 0.472 e. The first-order valence-electron chi connectivity index (χ1n) is 27.4. The summed E-state index contributed by atoms with van der Waals surface area (Å²) in [6, 6.07) is 0. The van der Waals surface area contributed by atoms with E-state index in [2.05, 4.69) is 44.0 Å². The molecule has 0 aromatic rings. The van der Waals surface area contributed by atoms with Crippen LogP contribution < -0.4 is 0 Å². The Morgan fingerprint density at radius 3 is 0.896 bits per heavy atom. The van der Waals surface area contributed by atoms with Gasteiger partial charge in [0.2, 0.25) is 0 Å². The van der Waals surface area contributed by atoms with E-state index in [1.54, 1.807) is 0 Å². The first-order chi connectivity index (χ1) is 36.6. The van der Waals surface area contributed by atoms with Crippen molar-refractivity contribution in [3.05, 3.63) is 75.9 Å². The Hall–Kier alpha value is -1.24. The Kier molecular flexibility index (Phi) is 32.5. The van der Waals surface area contributed by atoms with Gasteiger partial charge in [0.1, 0.15) is 0 Å². The SMILES string of the molecule is C=CCC1(CC=C)CCC(COP(=O)(O)OCCCOCC(COCCCOP(=O)(O)OCC2CCC(CC=C)(CC=C)CC2)(COCCCOP(=O)(O)OCC2CCC(CC=C)(CC=C)CC2)COP(=O)(O)OC)CC1. The molecule has 19 nitrogen and oxygen atoms in total. The van der Waals surface area contributed by atoms with Crippen molar-refractivity contribution in [1.82, 2.24) is 0 Å². The van der Waals surface area contributed by atoms with Gasteiger partial charge in [0.25, 0.3) is 0 Å². The zero-order chi connectivity index (χ0) is 56.8. The number of allylic oxidation sites excluding steroid dienone is 6. The second kappa shape index (κ2) is 35.7. The highest BCUT2D eigenvalue weighted by Crippen LogP contribution is 2.51. The average molecular weight is 1170 g/mol. The molecule has 3 saturated carbocycles. The van der Waals surface area contributed by atoms with Crippen molar-refractivity contribution in [2.24, 2.45) is 39.4 Å². The third kappa shape index (κ3) is 27.6. The van der Waals surface area contributed by atoms with Crippen LogP contribution in [0, 0.1) is 39.4 Å². The molecule has 0 bridgehead atoms. The number of rotatable bonds is 46. The summed E-state index contributed by atoms with van der Waals surface area (Å²) >= 11 is 0. The molecule has 3 aliphatic carbocycles. The summed E-state index contributed by atoms with van der Waals surface area (Å²) in [5, 5.41) is 0. The number of hydrogen-bond acceptors (Lipinski definition) is 15. The van der Waals surface area contributed by atoms with Crippen LogP contribution >= 0.6 is 31.3 Å². The third-order valence-electron chi connectivity index (χ3n) is 15.4. The standard InChI is InChI=1S/C54H96O19P4/c1-8-23-51(24-9-2)29-17-48(18-30-51)41-70-75(57,58)67-38-14-35-64-44-54(47-73-74(55,56)63-7,45-65-36-15-39-68-76(59,60)71-42-49-19-31-52(25-10-3,26-11-4)32-20-49)46-66-37-16-40-69-77(61,62)72-43-50-21-33-53(27-12-5,28-13-6)34-22-50/h8-13,48-50H,1-6,14-47H2,7H3,(H,55,56)(H,57,58)(H,59,60)(H,61,62). The van der Waals surface area contributed by atoms with Crippen LogP contribution in [0.25, 0.3) is 0 Å². The predicted octanol–water partition coefficient (Wildman–Crippen LogP) is 13.3. The van der Waals surface area contributed by atoms with Gasteiger partial charge < -0.3 is 33.8 Å². The van der Waals surface area contributed by atoms with Gasteiger partial charge in [-0.1, -0.05) is 36.5 Å². The molecule has 23 heteroatoms. The van der Waals surface area contributed by atoms with Crippen molar-refractivity contribution < 1.29 is 88.2 Å². The van der Waals surface area contributed by atoms with Gasteiger partial charge in [0, 0.05) is 26.9 Å². The fourth-order valence-corrected chi connectivity index (χ4v) is 13.8. The Morgan fingerprint density at radius 1 is 0.403 bits per heavy atom. The minimum absolute atomic E-state index is 0.0101. The van der Waals surface area contributed by atoms with Gasteiger partial charge in [-0.25, -0.2) is 18.3 Å². The first-order valence-corrected chi connectivity index (χ1v) is 33.4. The van der Waals surface area contributed by atoms with Gasteiger partial charge >= 0.3 is 31.3 Å². The van der Waals surface area contributed by atoms with Gasteiger partial charge in [-0.3, -0.25) is 36.2 Å². The monoisotopic (exact) mass is 1170 g/mol. The fraction of sp³-hybridized carbons (Fsp3) is 0.778. The summed E-state index contributed by atoms with van der Waals surface area (Å²) in [4.78, 5) is 41.6. The minimum Gasteiger partial charge on any atom is -0.381 e. The zero-order valence-electron chi connectivity index (χ0n) is 46.2. The van der Waals surface area contributed by atoms with Gasteiger partial charge in [-0.15, -0.1) is 39.5 Å². The summed E-state index contributed by atoms with van der Waals surface area (Å²) < 4.78 is 111. The molecule has 3 fully saturated rings. The van der Waals surface area contributed by atoms with Crippen LogP contribution in [0.15, 0.2) is 75.9 Å². The fourth-order valence-electron chi connectivity index (χ4n) is 10.8. The molecule has 4 atom stereocenters. The second-order valence-corrected chi connectivity index (χ2v) is 27.6. The van der Waals surface area contributed by atoms with Crippen molar-refractivity contribution in [2.75, 3.05) is 93.0 Å². The summed E-state index contributed by atoms with van der Waals surface area (Å²) in [7, 11) is -16.6. The molecule has 0 aliphatic heterocycles. The van der Waals surface area contributed by atoms with Crippen LogP contribution in [0.4, 0.5) is 0 Å². The quantitative estimate of drug-likeness (QED) is 0.0251. The molecule has 4 unspecified atom stereocenters. The molecule has 0 aromatic heterocycles. The maximum atomic E-state index is 12.8.